The van der Waals surface area contributed by atoms with Gasteiger partial charge in [0.1, 0.15) is 6.10 Å². The molecule has 1 amide bonds. The van der Waals surface area contributed by atoms with Gasteiger partial charge in [0.15, 0.2) is 0 Å². The summed E-state index contributed by atoms with van der Waals surface area (Å²) in [4.78, 5) is 14.2. The number of carbonyl (C=O) groups is 1. The molecule has 0 spiro atoms. The van der Waals surface area contributed by atoms with Crippen molar-refractivity contribution >= 4 is 5.91 Å². The van der Waals surface area contributed by atoms with Gasteiger partial charge < -0.3 is 15.0 Å². The van der Waals surface area contributed by atoms with Crippen LogP contribution in [0.1, 0.15) is 33.1 Å². The monoisotopic (exact) mass is 254 g/mol. The summed E-state index contributed by atoms with van der Waals surface area (Å²) in [5.41, 5.74) is 0. The van der Waals surface area contributed by atoms with E-state index in [0.717, 1.165) is 44.4 Å². The molecule has 4 nitrogen and oxygen atoms in total. The molecule has 0 aliphatic carbocycles. The molecule has 0 aromatic heterocycles. The number of rotatable bonds is 4. The van der Waals surface area contributed by atoms with E-state index in [1.807, 2.05) is 0 Å². The normalized spacial score (nSPS) is 33.6. The molecule has 0 aromatic rings. The van der Waals surface area contributed by atoms with Crippen molar-refractivity contribution in [2.75, 3.05) is 32.8 Å². The van der Waals surface area contributed by atoms with E-state index in [2.05, 4.69) is 24.1 Å². The number of piperidine rings is 1. The molecule has 1 N–H and O–H groups in total. The molecule has 0 unspecified atom stereocenters. The van der Waals surface area contributed by atoms with Gasteiger partial charge >= 0.3 is 0 Å². The maximum atomic E-state index is 11.8. The molecule has 104 valence electrons. The highest BCUT2D eigenvalue weighted by Crippen LogP contribution is 2.20. The highest BCUT2D eigenvalue weighted by Gasteiger charge is 2.24. The first-order chi connectivity index (χ1) is 8.65. The molecular weight excluding hydrogens is 228 g/mol. The first-order valence-electron chi connectivity index (χ1n) is 7.27. The van der Waals surface area contributed by atoms with Crippen molar-refractivity contribution in [3.8, 4) is 0 Å². The average molecular weight is 254 g/mol. The van der Waals surface area contributed by atoms with Gasteiger partial charge in [-0.1, -0.05) is 13.8 Å². The minimum absolute atomic E-state index is 0.0746. The van der Waals surface area contributed by atoms with Gasteiger partial charge in [0.2, 0.25) is 5.91 Å². The van der Waals surface area contributed by atoms with Crippen LogP contribution >= 0.6 is 0 Å². The summed E-state index contributed by atoms with van der Waals surface area (Å²) in [5.74, 6) is 1.64. The SMILES string of the molecule is C[C@@H]1C[C@@H](C)CN(CCNC(=O)[C@@H]2CCCO2)C1. The maximum Gasteiger partial charge on any atom is 0.249 e. The topological polar surface area (TPSA) is 41.6 Å². The van der Waals surface area contributed by atoms with E-state index in [9.17, 15) is 4.79 Å². The summed E-state index contributed by atoms with van der Waals surface area (Å²) in [6, 6.07) is 0. The van der Waals surface area contributed by atoms with Crippen LogP contribution in [-0.4, -0.2) is 49.7 Å². The van der Waals surface area contributed by atoms with Gasteiger partial charge in [-0.3, -0.25) is 4.79 Å². The number of hydrogen-bond acceptors (Lipinski definition) is 3. The Hall–Kier alpha value is -0.610. The van der Waals surface area contributed by atoms with Crippen LogP contribution in [0.2, 0.25) is 0 Å². The summed E-state index contributed by atoms with van der Waals surface area (Å²) in [6.07, 6.45) is 3.03. The molecule has 2 fully saturated rings. The van der Waals surface area contributed by atoms with E-state index in [1.54, 1.807) is 0 Å². The Labute approximate surface area is 110 Å². The summed E-state index contributed by atoms with van der Waals surface area (Å²) in [5, 5.41) is 3.00. The lowest BCUT2D eigenvalue weighted by Gasteiger charge is -2.34. The zero-order chi connectivity index (χ0) is 13.0. The van der Waals surface area contributed by atoms with E-state index >= 15 is 0 Å². The third-order valence-electron chi connectivity index (χ3n) is 3.89. The lowest BCUT2D eigenvalue weighted by molar-refractivity contribution is -0.130. The zero-order valence-electron chi connectivity index (χ0n) is 11.7. The number of nitrogens with zero attached hydrogens (tertiary/aromatic N) is 1. The zero-order valence-corrected chi connectivity index (χ0v) is 11.7. The van der Waals surface area contributed by atoms with Crippen LogP contribution in [0.25, 0.3) is 0 Å². The number of ether oxygens (including phenoxy) is 1. The predicted molar refractivity (Wildman–Crippen MR) is 71.4 cm³/mol. The first kappa shape index (κ1) is 13.8. The molecule has 0 radical (unpaired) electrons. The highest BCUT2D eigenvalue weighted by atomic mass is 16.5. The molecule has 2 rings (SSSR count). The lowest BCUT2D eigenvalue weighted by Crippen LogP contribution is -2.44. The fraction of sp³-hybridized carbons (Fsp3) is 0.929. The molecular formula is C14H26N2O2. The third-order valence-corrected chi connectivity index (χ3v) is 3.89. The standard InChI is InChI=1S/C14H26N2O2/c1-11-8-12(2)10-16(9-11)6-5-15-14(17)13-4-3-7-18-13/h11-13H,3-10H2,1-2H3,(H,15,17)/t11-,12-,13+/m1/s1. The quantitative estimate of drug-likeness (QED) is 0.821. The second-order valence-corrected chi connectivity index (χ2v) is 6.00. The van der Waals surface area contributed by atoms with Gasteiger partial charge in [0, 0.05) is 32.8 Å². The largest absolute Gasteiger partial charge is 0.368 e. The molecule has 2 aliphatic heterocycles. The van der Waals surface area contributed by atoms with Crippen molar-refractivity contribution in [3.05, 3.63) is 0 Å². The maximum absolute atomic E-state index is 11.8. The van der Waals surface area contributed by atoms with Crippen LogP contribution in [-0.2, 0) is 9.53 Å². The van der Waals surface area contributed by atoms with Gasteiger partial charge in [0.25, 0.3) is 0 Å². The molecule has 0 saturated carbocycles. The molecule has 4 heteroatoms. The number of likely N-dealkylation sites (tertiary alicyclic amines) is 1. The van der Waals surface area contributed by atoms with Gasteiger partial charge in [-0.25, -0.2) is 0 Å². The Balaban J connectivity index is 1.63. The Bertz CT molecular complexity index is 267. The van der Waals surface area contributed by atoms with Crippen LogP contribution < -0.4 is 5.32 Å². The number of nitrogens with one attached hydrogen (secondary N) is 1. The molecule has 0 bridgehead atoms. The number of carbonyl (C=O) groups excluding carboxylic acids is 1. The molecule has 2 heterocycles. The first-order valence-corrected chi connectivity index (χ1v) is 7.27. The smallest absolute Gasteiger partial charge is 0.249 e. The minimum Gasteiger partial charge on any atom is -0.368 e. The predicted octanol–water partition coefficient (Wildman–Crippen LogP) is 1.26. The highest BCUT2D eigenvalue weighted by molar-refractivity contribution is 5.80. The van der Waals surface area contributed by atoms with Crippen molar-refractivity contribution < 1.29 is 9.53 Å². The van der Waals surface area contributed by atoms with Crippen LogP contribution in [0.5, 0.6) is 0 Å². The van der Waals surface area contributed by atoms with E-state index in [0.29, 0.717) is 0 Å². The fourth-order valence-electron chi connectivity index (χ4n) is 3.21. The molecule has 2 saturated heterocycles. The molecule has 2 aliphatic rings. The van der Waals surface area contributed by atoms with Crippen molar-refractivity contribution in [1.82, 2.24) is 10.2 Å². The fourth-order valence-corrected chi connectivity index (χ4v) is 3.21. The Morgan fingerprint density at radius 2 is 2.06 bits per heavy atom. The van der Waals surface area contributed by atoms with Crippen molar-refractivity contribution in [1.29, 1.82) is 0 Å². The summed E-state index contributed by atoms with van der Waals surface area (Å²) < 4.78 is 5.37. The van der Waals surface area contributed by atoms with Crippen LogP contribution in [0.15, 0.2) is 0 Å². The molecule has 18 heavy (non-hydrogen) atoms. The van der Waals surface area contributed by atoms with Crippen LogP contribution in [0.4, 0.5) is 0 Å². The van der Waals surface area contributed by atoms with Crippen LogP contribution in [0, 0.1) is 11.8 Å². The Morgan fingerprint density at radius 3 is 2.67 bits per heavy atom. The molecule has 3 atom stereocenters. The molecule has 0 aromatic carbocycles. The second kappa shape index (κ2) is 6.53. The van der Waals surface area contributed by atoms with E-state index in [-0.39, 0.29) is 12.0 Å². The Morgan fingerprint density at radius 1 is 1.33 bits per heavy atom. The van der Waals surface area contributed by atoms with Gasteiger partial charge in [-0.15, -0.1) is 0 Å². The van der Waals surface area contributed by atoms with Gasteiger partial charge in [0.05, 0.1) is 0 Å². The van der Waals surface area contributed by atoms with Gasteiger partial charge in [-0.2, -0.15) is 0 Å². The minimum atomic E-state index is -0.191. The average Bonchev–Trinajstić information content (AvgIpc) is 2.80. The van der Waals surface area contributed by atoms with Gasteiger partial charge in [-0.05, 0) is 31.1 Å². The lowest BCUT2D eigenvalue weighted by atomic mass is 9.92. The van der Waals surface area contributed by atoms with Crippen LogP contribution in [0.3, 0.4) is 0 Å². The van der Waals surface area contributed by atoms with Crippen molar-refractivity contribution in [2.45, 2.75) is 39.2 Å². The third kappa shape index (κ3) is 3.95. The van der Waals surface area contributed by atoms with E-state index < -0.39 is 0 Å². The summed E-state index contributed by atoms with van der Waals surface area (Å²) >= 11 is 0. The number of amides is 1. The van der Waals surface area contributed by atoms with Crippen molar-refractivity contribution in [3.63, 3.8) is 0 Å². The van der Waals surface area contributed by atoms with Crippen molar-refractivity contribution in [2.24, 2.45) is 11.8 Å². The second-order valence-electron chi connectivity index (χ2n) is 6.00. The van der Waals surface area contributed by atoms with E-state index in [1.165, 1.54) is 19.5 Å². The van der Waals surface area contributed by atoms with E-state index in [4.69, 9.17) is 4.74 Å². The Kier molecular flexibility index (Phi) is 5.01. The summed E-state index contributed by atoms with van der Waals surface area (Å²) in [6.45, 7) is 9.41. The summed E-state index contributed by atoms with van der Waals surface area (Å²) in [7, 11) is 0. The number of hydrogen-bond donors (Lipinski definition) is 1.